The highest BCUT2D eigenvalue weighted by Gasteiger charge is 2.11. The van der Waals surface area contributed by atoms with Gasteiger partial charge in [0.25, 0.3) is 0 Å². The van der Waals surface area contributed by atoms with Crippen molar-refractivity contribution in [2.24, 2.45) is 11.7 Å². The molecule has 1 unspecified atom stereocenters. The molecule has 0 aromatic heterocycles. The van der Waals surface area contributed by atoms with Gasteiger partial charge in [0.1, 0.15) is 5.75 Å². The number of nitrogens with two attached hydrogens (primary N) is 1. The molecule has 0 aliphatic rings. The smallest absolute Gasteiger partial charge is 0.223 e. The lowest BCUT2D eigenvalue weighted by atomic mass is 10.1. The number of amides is 1. The molecule has 0 bridgehead atoms. The third-order valence-electron chi connectivity index (χ3n) is 2.41. The maximum Gasteiger partial charge on any atom is 0.223 e. The van der Waals surface area contributed by atoms with E-state index in [1.165, 1.54) is 0 Å². The molecule has 0 heterocycles. The summed E-state index contributed by atoms with van der Waals surface area (Å²) in [4.78, 5) is 10.8. The van der Waals surface area contributed by atoms with Gasteiger partial charge < -0.3 is 15.6 Å². The second-order valence-electron chi connectivity index (χ2n) is 3.98. The van der Waals surface area contributed by atoms with Gasteiger partial charge in [0.15, 0.2) is 0 Å². The van der Waals surface area contributed by atoms with Crippen LogP contribution in [-0.2, 0) is 4.79 Å². The summed E-state index contributed by atoms with van der Waals surface area (Å²) < 4.78 is 5.38. The Morgan fingerprint density at radius 1 is 1.53 bits per heavy atom. The number of primary amides is 1. The van der Waals surface area contributed by atoms with Crippen LogP contribution in [0.4, 0.5) is 0 Å². The molecule has 5 heteroatoms. The van der Waals surface area contributed by atoms with E-state index < -0.39 is 12.0 Å². The quantitative estimate of drug-likeness (QED) is 0.846. The molecule has 1 aromatic rings. The van der Waals surface area contributed by atoms with E-state index in [9.17, 15) is 9.90 Å². The summed E-state index contributed by atoms with van der Waals surface area (Å²) in [6, 6.07) is 5.02. The van der Waals surface area contributed by atoms with Crippen molar-refractivity contribution in [1.29, 1.82) is 0 Å². The fourth-order valence-electron chi connectivity index (χ4n) is 1.19. The van der Waals surface area contributed by atoms with Gasteiger partial charge >= 0.3 is 0 Å². The highest BCUT2D eigenvalue weighted by atomic mass is 35.5. The minimum atomic E-state index is -0.578. The first-order valence-electron chi connectivity index (χ1n) is 5.31. The molecular weight excluding hydrogens is 242 g/mol. The normalized spacial score (nSPS) is 14.1. The number of benzene rings is 1. The maximum absolute atomic E-state index is 10.8. The molecule has 1 rings (SSSR count). The number of ether oxygens (including phenoxy) is 1. The topological polar surface area (TPSA) is 72.6 Å². The van der Waals surface area contributed by atoms with Crippen LogP contribution in [-0.4, -0.2) is 17.6 Å². The molecule has 0 saturated heterocycles. The van der Waals surface area contributed by atoms with E-state index in [1.807, 2.05) is 0 Å². The van der Waals surface area contributed by atoms with E-state index in [2.05, 4.69) is 0 Å². The largest absolute Gasteiger partial charge is 0.491 e. The first-order valence-corrected chi connectivity index (χ1v) is 5.69. The molecule has 17 heavy (non-hydrogen) atoms. The van der Waals surface area contributed by atoms with Gasteiger partial charge in [-0.15, -0.1) is 0 Å². The van der Waals surface area contributed by atoms with Crippen LogP contribution < -0.4 is 10.5 Å². The fraction of sp³-hybridized carbons (Fsp3) is 0.417. The van der Waals surface area contributed by atoms with Gasteiger partial charge in [-0.2, -0.15) is 0 Å². The molecule has 0 aliphatic carbocycles. The summed E-state index contributed by atoms with van der Waals surface area (Å²) in [5, 5.41) is 9.77. The molecule has 0 spiro atoms. The lowest BCUT2D eigenvalue weighted by Gasteiger charge is -2.12. The highest BCUT2D eigenvalue weighted by Crippen LogP contribution is 2.28. The van der Waals surface area contributed by atoms with Crippen LogP contribution in [0.25, 0.3) is 0 Å². The van der Waals surface area contributed by atoms with E-state index in [0.717, 1.165) is 0 Å². The van der Waals surface area contributed by atoms with Crippen molar-refractivity contribution in [3.8, 4) is 5.75 Å². The van der Waals surface area contributed by atoms with Crippen molar-refractivity contribution in [1.82, 2.24) is 0 Å². The minimum absolute atomic E-state index is 0.184. The number of halogens is 1. The van der Waals surface area contributed by atoms with Crippen LogP contribution in [0.3, 0.4) is 0 Å². The lowest BCUT2D eigenvalue weighted by Crippen LogP contribution is -2.25. The summed E-state index contributed by atoms with van der Waals surface area (Å²) in [6.45, 7) is 3.52. The number of rotatable bonds is 5. The summed E-state index contributed by atoms with van der Waals surface area (Å²) in [5.41, 5.74) is 5.83. The first-order chi connectivity index (χ1) is 7.91. The number of carbonyl (C=O) groups excluding carboxylic acids is 1. The monoisotopic (exact) mass is 257 g/mol. The predicted molar refractivity (Wildman–Crippen MR) is 65.9 cm³/mol. The zero-order chi connectivity index (χ0) is 13.0. The van der Waals surface area contributed by atoms with Crippen molar-refractivity contribution in [3.63, 3.8) is 0 Å². The third kappa shape index (κ3) is 3.91. The Hall–Kier alpha value is -1.26. The Morgan fingerprint density at radius 3 is 2.65 bits per heavy atom. The SMILES string of the molecule is CC(COc1ccc([C@@H](C)O)cc1Cl)C(N)=O. The third-order valence-corrected chi connectivity index (χ3v) is 2.71. The number of aliphatic hydroxyl groups is 1. The summed E-state index contributed by atoms with van der Waals surface area (Å²) in [7, 11) is 0. The van der Waals surface area contributed by atoms with E-state index in [1.54, 1.807) is 32.0 Å². The van der Waals surface area contributed by atoms with Crippen molar-refractivity contribution < 1.29 is 14.6 Å². The van der Waals surface area contributed by atoms with E-state index in [0.29, 0.717) is 16.3 Å². The Bertz CT molecular complexity index is 407. The number of carbonyl (C=O) groups is 1. The van der Waals surface area contributed by atoms with Crippen LogP contribution in [0.1, 0.15) is 25.5 Å². The zero-order valence-electron chi connectivity index (χ0n) is 9.81. The number of hydrogen-bond acceptors (Lipinski definition) is 3. The lowest BCUT2D eigenvalue weighted by molar-refractivity contribution is -0.122. The molecule has 2 atom stereocenters. The van der Waals surface area contributed by atoms with Gasteiger partial charge in [-0.3, -0.25) is 4.79 Å². The van der Waals surface area contributed by atoms with Crippen LogP contribution in [0.15, 0.2) is 18.2 Å². The summed E-state index contributed by atoms with van der Waals surface area (Å²) in [5.74, 6) is -0.312. The minimum Gasteiger partial charge on any atom is -0.491 e. The highest BCUT2D eigenvalue weighted by molar-refractivity contribution is 6.32. The van der Waals surface area contributed by atoms with Gasteiger partial charge in [0.2, 0.25) is 5.91 Å². The van der Waals surface area contributed by atoms with Crippen molar-refractivity contribution >= 4 is 17.5 Å². The van der Waals surface area contributed by atoms with Gasteiger partial charge in [-0.05, 0) is 24.6 Å². The average Bonchev–Trinajstić information content (AvgIpc) is 2.26. The molecule has 0 fully saturated rings. The second-order valence-corrected chi connectivity index (χ2v) is 4.39. The maximum atomic E-state index is 10.8. The average molecular weight is 258 g/mol. The van der Waals surface area contributed by atoms with Crippen LogP contribution in [0, 0.1) is 5.92 Å². The summed E-state index contributed by atoms with van der Waals surface area (Å²) in [6.07, 6.45) is -0.578. The Balaban J connectivity index is 2.70. The molecule has 3 N–H and O–H groups in total. The molecule has 4 nitrogen and oxygen atoms in total. The Kier molecular flexibility index (Phi) is 4.78. The first kappa shape index (κ1) is 13.8. The van der Waals surface area contributed by atoms with Crippen molar-refractivity contribution in [2.45, 2.75) is 20.0 Å². The predicted octanol–water partition coefficient (Wildman–Crippen LogP) is 1.89. The molecule has 0 aliphatic heterocycles. The number of hydrogen-bond donors (Lipinski definition) is 2. The van der Waals surface area contributed by atoms with Crippen molar-refractivity contribution in [2.75, 3.05) is 6.61 Å². The molecule has 0 radical (unpaired) electrons. The molecule has 0 saturated carbocycles. The van der Waals surface area contributed by atoms with Crippen LogP contribution >= 0.6 is 11.6 Å². The van der Waals surface area contributed by atoms with Gasteiger partial charge in [-0.1, -0.05) is 24.6 Å². The van der Waals surface area contributed by atoms with Gasteiger partial charge in [-0.25, -0.2) is 0 Å². The summed E-state index contributed by atoms with van der Waals surface area (Å²) >= 11 is 5.98. The van der Waals surface area contributed by atoms with Gasteiger partial charge in [0.05, 0.1) is 23.7 Å². The van der Waals surface area contributed by atoms with E-state index in [4.69, 9.17) is 22.1 Å². The van der Waals surface area contributed by atoms with Crippen LogP contribution in [0.5, 0.6) is 5.75 Å². The standard InChI is InChI=1S/C12H16ClNO3/c1-7(12(14)16)6-17-11-4-3-9(8(2)15)5-10(11)13/h3-5,7-8,15H,6H2,1-2H3,(H2,14,16)/t7?,8-/m1/s1. The zero-order valence-corrected chi connectivity index (χ0v) is 10.6. The van der Waals surface area contributed by atoms with Gasteiger partial charge in [0, 0.05) is 0 Å². The van der Waals surface area contributed by atoms with Crippen LogP contribution in [0.2, 0.25) is 5.02 Å². The fourth-order valence-corrected chi connectivity index (χ4v) is 1.43. The number of aliphatic hydroxyl groups excluding tert-OH is 1. The van der Waals surface area contributed by atoms with Crippen molar-refractivity contribution in [3.05, 3.63) is 28.8 Å². The second kappa shape index (κ2) is 5.89. The van der Waals surface area contributed by atoms with E-state index >= 15 is 0 Å². The molecule has 1 aromatic carbocycles. The molecule has 94 valence electrons. The van der Waals surface area contributed by atoms with E-state index in [-0.39, 0.29) is 12.5 Å². The Labute approximate surface area is 105 Å². The molecular formula is C12H16ClNO3. The molecule has 1 amide bonds. The Morgan fingerprint density at radius 2 is 2.18 bits per heavy atom.